The number of ether oxygens (including phenoxy) is 1. The quantitative estimate of drug-likeness (QED) is 0.836. The molecule has 1 saturated heterocycles. The van der Waals surface area contributed by atoms with Crippen molar-refractivity contribution in [3.05, 3.63) is 17.6 Å². The minimum absolute atomic E-state index is 0.458. The Kier molecular flexibility index (Phi) is 5.94. The lowest BCUT2D eigenvalue weighted by Gasteiger charge is -2.26. The van der Waals surface area contributed by atoms with Gasteiger partial charge in [-0.1, -0.05) is 13.8 Å². The molecule has 1 atom stereocenters. The second-order valence-corrected chi connectivity index (χ2v) is 6.31. The van der Waals surface area contributed by atoms with Gasteiger partial charge in [0.2, 0.25) is 0 Å². The third-order valence-corrected chi connectivity index (χ3v) is 3.79. The van der Waals surface area contributed by atoms with Crippen LogP contribution in [0.3, 0.4) is 0 Å². The Labute approximate surface area is 128 Å². The standard InChI is InChI=1S/C16H28N4O/c1-12(2)10-20-7-5-6-14(20)9-17-15-8-13(3)18-16(19-15)11-21-4/h8,12,14H,5-7,9-11H2,1-4H3,(H,17,18,19)/t14-/m0/s1. The average Bonchev–Trinajstić information content (AvgIpc) is 2.82. The lowest BCUT2D eigenvalue weighted by molar-refractivity contribution is 0.177. The SMILES string of the molecule is COCc1nc(C)cc(NC[C@@H]2CCCN2CC(C)C)n1. The molecule has 0 radical (unpaired) electrons. The second-order valence-electron chi connectivity index (χ2n) is 6.31. The van der Waals surface area contributed by atoms with E-state index in [2.05, 4.69) is 34.0 Å². The molecule has 5 nitrogen and oxygen atoms in total. The summed E-state index contributed by atoms with van der Waals surface area (Å²) >= 11 is 0. The molecule has 1 aliphatic rings. The summed E-state index contributed by atoms with van der Waals surface area (Å²) in [6.07, 6.45) is 2.57. The first kappa shape index (κ1) is 16.2. The predicted molar refractivity (Wildman–Crippen MR) is 85.4 cm³/mol. The molecule has 0 unspecified atom stereocenters. The van der Waals surface area contributed by atoms with E-state index < -0.39 is 0 Å². The molecule has 1 aromatic heterocycles. The molecule has 0 aromatic carbocycles. The Morgan fingerprint density at radius 3 is 2.95 bits per heavy atom. The number of nitrogens with zero attached hydrogens (tertiary/aromatic N) is 3. The first-order valence-corrected chi connectivity index (χ1v) is 7.90. The summed E-state index contributed by atoms with van der Waals surface area (Å²) in [5, 5.41) is 3.48. The summed E-state index contributed by atoms with van der Waals surface area (Å²) in [6.45, 7) is 10.4. The van der Waals surface area contributed by atoms with Crippen molar-refractivity contribution >= 4 is 5.82 Å². The van der Waals surface area contributed by atoms with Gasteiger partial charge in [-0.05, 0) is 32.2 Å². The van der Waals surface area contributed by atoms with Crippen LogP contribution in [0, 0.1) is 12.8 Å². The van der Waals surface area contributed by atoms with Gasteiger partial charge in [0.1, 0.15) is 12.4 Å². The Morgan fingerprint density at radius 2 is 2.24 bits per heavy atom. The number of hydrogen-bond donors (Lipinski definition) is 1. The molecule has 2 rings (SSSR count). The molecule has 5 heteroatoms. The van der Waals surface area contributed by atoms with E-state index in [4.69, 9.17) is 4.74 Å². The number of rotatable bonds is 7. The van der Waals surface area contributed by atoms with Crippen LogP contribution in [0.5, 0.6) is 0 Å². The second kappa shape index (κ2) is 7.71. The molecule has 0 aliphatic carbocycles. The molecule has 0 spiro atoms. The first-order valence-electron chi connectivity index (χ1n) is 7.90. The number of likely N-dealkylation sites (tertiary alicyclic amines) is 1. The molecule has 1 fully saturated rings. The molecule has 0 saturated carbocycles. The smallest absolute Gasteiger partial charge is 0.156 e. The summed E-state index contributed by atoms with van der Waals surface area (Å²) in [6, 6.07) is 2.62. The van der Waals surface area contributed by atoms with Crippen molar-refractivity contribution in [3.63, 3.8) is 0 Å². The third kappa shape index (κ3) is 4.93. The summed E-state index contributed by atoms with van der Waals surface area (Å²) in [5.41, 5.74) is 0.977. The molecule has 2 heterocycles. The van der Waals surface area contributed by atoms with Gasteiger partial charge in [-0.15, -0.1) is 0 Å². The number of aryl methyl sites for hydroxylation is 1. The fraction of sp³-hybridized carbons (Fsp3) is 0.750. The van der Waals surface area contributed by atoms with E-state index in [-0.39, 0.29) is 0 Å². The van der Waals surface area contributed by atoms with Crippen molar-refractivity contribution in [1.29, 1.82) is 0 Å². The number of hydrogen-bond acceptors (Lipinski definition) is 5. The van der Waals surface area contributed by atoms with Crippen LogP contribution >= 0.6 is 0 Å². The largest absolute Gasteiger partial charge is 0.377 e. The fourth-order valence-corrected chi connectivity index (χ4v) is 2.97. The summed E-state index contributed by atoms with van der Waals surface area (Å²) in [4.78, 5) is 11.5. The molecule has 118 valence electrons. The van der Waals surface area contributed by atoms with Crippen LogP contribution in [0.1, 0.15) is 38.2 Å². The third-order valence-electron chi connectivity index (χ3n) is 3.79. The molecule has 1 aromatic rings. The van der Waals surface area contributed by atoms with Crippen LogP contribution in [0.4, 0.5) is 5.82 Å². The van der Waals surface area contributed by atoms with Gasteiger partial charge in [0.15, 0.2) is 5.82 Å². The van der Waals surface area contributed by atoms with Gasteiger partial charge in [-0.2, -0.15) is 0 Å². The van der Waals surface area contributed by atoms with Gasteiger partial charge in [0, 0.05) is 38.0 Å². The van der Waals surface area contributed by atoms with Crippen molar-refractivity contribution in [1.82, 2.24) is 14.9 Å². The average molecular weight is 292 g/mol. The zero-order valence-electron chi connectivity index (χ0n) is 13.7. The highest BCUT2D eigenvalue weighted by molar-refractivity contribution is 5.36. The highest BCUT2D eigenvalue weighted by atomic mass is 16.5. The Bertz CT molecular complexity index is 450. The minimum atomic E-state index is 0.458. The topological polar surface area (TPSA) is 50.3 Å². The number of nitrogens with one attached hydrogen (secondary N) is 1. The van der Waals surface area contributed by atoms with Crippen LogP contribution < -0.4 is 5.32 Å². The number of anilines is 1. The van der Waals surface area contributed by atoms with Crippen molar-refractivity contribution in [2.24, 2.45) is 5.92 Å². The Hall–Kier alpha value is -1.20. The number of aromatic nitrogens is 2. The van der Waals surface area contributed by atoms with Gasteiger partial charge in [0.05, 0.1) is 0 Å². The summed E-state index contributed by atoms with van der Waals surface area (Å²) in [7, 11) is 1.67. The van der Waals surface area contributed by atoms with E-state index in [1.807, 2.05) is 13.0 Å². The maximum atomic E-state index is 5.12. The van der Waals surface area contributed by atoms with Crippen LogP contribution in [-0.4, -0.2) is 47.7 Å². The van der Waals surface area contributed by atoms with E-state index >= 15 is 0 Å². The summed E-state index contributed by atoms with van der Waals surface area (Å²) < 4.78 is 5.12. The Morgan fingerprint density at radius 1 is 1.43 bits per heavy atom. The molecule has 0 amide bonds. The molecular weight excluding hydrogens is 264 g/mol. The minimum Gasteiger partial charge on any atom is -0.377 e. The van der Waals surface area contributed by atoms with Crippen molar-refractivity contribution in [3.8, 4) is 0 Å². The van der Waals surface area contributed by atoms with Gasteiger partial charge < -0.3 is 10.1 Å². The normalized spacial score (nSPS) is 19.4. The maximum Gasteiger partial charge on any atom is 0.156 e. The first-order chi connectivity index (χ1) is 10.1. The van der Waals surface area contributed by atoms with Crippen molar-refractivity contribution in [2.75, 3.05) is 32.1 Å². The van der Waals surface area contributed by atoms with E-state index in [0.717, 1.165) is 29.8 Å². The van der Waals surface area contributed by atoms with Crippen LogP contribution in [-0.2, 0) is 11.3 Å². The van der Waals surface area contributed by atoms with Crippen molar-refractivity contribution in [2.45, 2.75) is 46.3 Å². The molecular formula is C16H28N4O. The molecule has 1 N–H and O–H groups in total. The van der Waals surface area contributed by atoms with Crippen LogP contribution in [0.15, 0.2) is 6.07 Å². The highest BCUT2D eigenvalue weighted by Crippen LogP contribution is 2.19. The number of methoxy groups -OCH3 is 1. The van der Waals surface area contributed by atoms with E-state index in [1.165, 1.54) is 25.9 Å². The molecule has 1 aliphatic heterocycles. The lowest BCUT2D eigenvalue weighted by atomic mass is 10.1. The van der Waals surface area contributed by atoms with Gasteiger partial charge >= 0.3 is 0 Å². The predicted octanol–water partition coefficient (Wildman–Crippen LogP) is 2.46. The van der Waals surface area contributed by atoms with Gasteiger partial charge in [-0.25, -0.2) is 9.97 Å². The zero-order chi connectivity index (χ0) is 15.2. The van der Waals surface area contributed by atoms with E-state index in [1.54, 1.807) is 7.11 Å². The Balaban J connectivity index is 1.92. The highest BCUT2D eigenvalue weighted by Gasteiger charge is 2.24. The molecule has 0 bridgehead atoms. The van der Waals surface area contributed by atoms with Gasteiger partial charge in [0.25, 0.3) is 0 Å². The fourth-order valence-electron chi connectivity index (χ4n) is 2.97. The monoisotopic (exact) mass is 292 g/mol. The van der Waals surface area contributed by atoms with Crippen molar-refractivity contribution < 1.29 is 4.74 Å². The zero-order valence-corrected chi connectivity index (χ0v) is 13.7. The maximum absolute atomic E-state index is 5.12. The van der Waals surface area contributed by atoms with E-state index in [9.17, 15) is 0 Å². The van der Waals surface area contributed by atoms with Crippen LogP contribution in [0.2, 0.25) is 0 Å². The van der Waals surface area contributed by atoms with Crippen LogP contribution in [0.25, 0.3) is 0 Å². The lowest BCUT2D eigenvalue weighted by Crippen LogP contribution is -2.37. The summed E-state index contributed by atoms with van der Waals surface area (Å²) in [5.74, 6) is 2.37. The van der Waals surface area contributed by atoms with Gasteiger partial charge in [-0.3, -0.25) is 4.90 Å². The van der Waals surface area contributed by atoms with E-state index in [0.29, 0.717) is 12.6 Å². The molecule has 21 heavy (non-hydrogen) atoms.